The largest absolute Gasteiger partial charge is 0.462 e. The Labute approximate surface area is 120 Å². The maximum Gasteiger partial charge on any atom is 0.333 e. The molecule has 0 fully saturated rings. The fourth-order valence-electron chi connectivity index (χ4n) is 1.31. The molecule has 0 aromatic heterocycles. The second-order valence-electron chi connectivity index (χ2n) is 5.96. The Morgan fingerprint density at radius 1 is 1.05 bits per heavy atom. The van der Waals surface area contributed by atoms with Crippen LogP contribution in [0.25, 0.3) is 0 Å². The minimum atomic E-state index is -0.537. The fourth-order valence-corrected chi connectivity index (χ4v) is 1.31. The summed E-state index contributed by atoms with van der Waals surface area (Å²) in [6, 6.07) is 0. The van der Waals surface area contributed by atoms with Gasteiger partial charge in [0.2, 0.25) is 0 Å². The SMILES string of the molecule is C=C(C)C(=O)OCCCCC(=O)OC(=O)CC(C)(C)C. The summed E-state index contributed by atoms with van der Waals surface area (Å²) in [5, 5.41) is 0. The number of hydrogen-bond donors (Lipinski definition) is 0. The number of carbonyl (C=O) groups excluding carboxylic acids is 3. The van der Waals surface area contributed by atoms with Crippen molar-refractivity contribution in [1.29, 1.82) is 0 Å². The summed E-state index contributed by atoms with van der Waals surface area (Å²) < 4.78 is 9.57. The number of ether oxygens (including phenoxy) is 2. The lowest BCUT2D eigenvalue weighted by molar-refractivity contribution is -0.160. The van der Waals surface area contributed by atoms with Crippen molar-refractivity contribution in [2.45, 2.75) is 53.4 Å². The van der Waals surface area contributed by atoms with Crippen LogP contribution in [0.4, 0.5) is 0 Å². The van der Waals surface area contributed by atoms with Crippen LogP contribution in [0.2, 0.25) is 0 Å². The molecule has 0 atom stereocenters. The molecule has 0 aromatic carbocycles. The van der Waals surface area contributed by atoms with Gasteiger partial charge in [0, 0.05) is 12.0 Å². The first-order chi connectivity index (χ1) is 9.11. The molecule has 0 rings (SSSR count). The molecule has 0 radical (unpaired) electrons. The molecular formula is C15H24O5. The predicted octanol–water partition coefficient (Wildman–Crippen LogP) is 2.78. The van der Waals surface area contributed by atoms with E-state index in [1.54, 1.807) is 6.92 Å². The van der Waals surface area contributed by atoms with Crippen molar-refractivity contribution < 1.29 is 23.9 Å². The zero-order valence-corrected chi connectivity index (χ0v) is 12.8. The molecular weight excluding hydrogens is 260 g/mol. The zero-order chi connectivity index (χ0) is 15.8. The number of hydrogen-bond acceptors (Lipinski definition) is 5. The first-order valence-electron chi connectivity index (χ1n) is 6.68. The molecule has 5 nitrogen and oxygen atoms in total. The summed E-state index contributed by atoms with van der Waals surface area (Å²) in [6.07, 6.45) is 1.39. The molecule has 0 N–H and O–H groups in total. The highest BCUT2D eigenvalue weighted by Crippen LogP contribution is 2.19. The third kappa shape index (κ3) is 10.3. The van der Waals surface area contributed by atoms with Gasteiger partial charge in [-0.15, -0.1) is 0 Å². The van der Waals surface area contributed by atoms with E-state index in [0.717, 1.165) is 0 Å². The standard InChI is InChI=1S/C15H24O5/c1-11(2)14(18)19-9-7-6-8-12(16)20-13(17)10-15(3,4)5/h1,6-10H2,2-5H3. The number of esters is 3. The molecule has 5 heteroatoms. The second-order valence-corrected chi connectivity index (χ2v) is 5.96. The van der Waals surface area contributed by atoms with Gasteiger partial charge in [0.05, 0.1) is 13.0 Å². The number of rotatable bonds is 7. The third-order valence-corrected chi connectivity index (χ3v) is 2.26. The lowest BCUT2D eigenvalue weighted by Crippen LogP contribution is -2.18. The predicted molar refractivity (Wildman–Crippen MR) is 74.8 cm³/mol. The van der Waals surface area contributed by atoms with Crippen molar-refractivity contribution in [3.8, 4) is 0 Å². The minimum absolute atomic E-state index is 0.139. The maximum absolute atomic E-state index is 11.4. The average Bonchev–Trinajstić information content (AvgIpc) is 2.25. The van der Waals surface area contributed by atoms with Crippen LogP contribution < -0.4 is 0 Å². The van der Waals surface area contributed by atoms with E-state index in [9.17, 15) is 14.4 Å². The smallest absolute Gasteiger partial charge is 0.333 e. The highest BCUT2D eigenvalue weighted by molar-refractivity contribution is 5.87. The topological polar surface area (TPSA) is 69.7 Å². The molecule has 20 heavy (non-hydrogen) atoms. The maximum atomic E-state index is 11.4. The minimum Gasteiger partial charge on any atom is -0.462 e. The van der Waals surface area contributed by atoms with Gasteiger partial charge in [-0.05, 0) is 25.2 Å². The second kappa shape index (κ2) is 8.51. The molecule has 0 heterocycles. The van der Waals surface area contributed by atoms with Crippen LogP contribution in [0.15, 0.2) is 12.2 Å². The molecule has 0 unspecified atom stereocenters. The van der Waals surface area contributed by atoms with Crippen LogP contribution >= 0.6 is 0 Å². The molecule has 0 saturated heterocycles. The molecule has 0 bridgehead atoms. The zero-order valence-electron chi connectivity index (χ0n) is 12.8. The third-order valence-electron chi connectivity index (χ3n) is 2.26. The van der Waals surface area contributed by atoms with Crippen LogP contribution in [0.3, 0.4) is 0 Å². The van der Waals surface area contributed by atoms with Crippen molar-refractivity contribution in [2.75, 3.05) is 6.61 Å². The van der Waals surface area contributed by atoms with E-state index in [-0.39, 0.29) is 24.9 Å². The summed E-state index contributed by atoms with van der Waals surface area (Å²) in [5.74, 6) is -1.48. The van der Waals surface area contributed by atoms with Crippen LogP contribution in [0, 0.1) is 5.41 Å². The summed E-state index contributed by atoms with van der Waals surface area (Å²) in [7, 11) is 0. The van der Waals surface area contributed by atoms with Gasteiger partial charge in [-0.2, -0.15) is 0 Å². The van der Waals surface area contributed by atoms with Gasteiger partial charge in [-0.1, -0.05) is 27.4 Å². The summed E-state index contributed by atoms with van der Waals surface area (Å²) in [6.45, 7) is 11.0. The Balaban J connectivity index is 3.72. The monoisotopic (exact) mass is 284 g/mol. The highest BCUT2D eigenvalue weighted by Gasteiger charge is 2.19. The molecule has 0 spiro atoms. The van der Waals surface area contributed by atoms with E-state index in [1.165, 1.54) is 0 Å². The van der Waals surface area contributed by atoms with Gasteiger partial charge >= 0.3 is 17.9 Å². The van der Waals surface area contributed by atoms with Crippen LogP contribution in [0.1, 0.15) is 53.4 Å². The molecule has 114 valence electrons. The normalized spacial score (nSPS) is 10.8. The summed E-state index contributed by atoms with van der Waals surface area (Å²) in [4.78, 5) is 33.8. The van der Waals surface area contributed by atoms with Crippen molar-refractivity contribution in [1.82, 2.24) is 0 Å². The van der Waals surface area contributed by atoms with E-state index in [0.29, 0.717) is 18.4 Å². The molecule has 0 aliphatic heterocycles. The molecule has 0 aromatic rings. The van der Waals surface area contributed by atoms with E-state index in [1.807, 2.05) is 20.8 Å². The number of unbranched alkanes of at least 4 members (excludes halogenated alkanes) is 1. The Bertz CT molecular complexity index is 376. The molecule has 0 aliphatic rings. The molecule has 0 saturated carbocycles. The van der Waals surface area contributed by atoms with Gasteiger partial charge in [0.25, 0.3) is 0 Å². The van der Waals surface area contributed by atoms with Crippen LogP contribution in [0.5, 0.6) is 0 Å². The van der Waals surface area contributed by atoms with Gasteiger partial charge < -0.3 is 9.47 Å². The van der Waals surface area contributed by atoms with Gasteiger partial charge in [-0.25, -0.2) is 4.79 Å². The first-order valence-corrected chi connectivity index (χ1v) is 6.68. The Hall–Kier alpha value is -1.65. The lowest BCUT2D eigenvalue weighted by Gasteiger charge is -2.15. The van der Waals surface area contributed by atoms with Crippen molar-refractivity contribution in [3.63, 3.8) is 0 Å². The van der Waals surface area contributed by atoms with E-state index < -0.39 is 17.9 Å². The summed E-state index contributed by atoms with van der Waals surface area (Å²) in [5.41, 5.74) is 0.144. The molecule has 0 aliphatic carbocycles. The van der Waals surface area contributed by atoms with E-state index in [4.69, 9.17) is 9.47 Å². The number of carbonyl (C=O) groups is 3. The average molecular weight is 284 g/mol. The Kier molecular flexibility index (Phi) is 7.80. The first kappa shape index (κ1) is 18.4. The van der Waals surface area contributed by atoms with Gasteiger partial charge in [0.15, 0.2) is 0 Å². The van der Waals surface area contributed by atoms with Crippen LogP contribution in [-0.2, 0) is 23.9 Å². The quantitative estimate of drug-likeness (QED) is 0.311. The van der Waals surface area contributed by atoms with Crippen molar-refractivity contribution >= 4 is 17.9 Å². The Morgan fingerprint density at radius 2 is 1.65 bits per heavy atom. The van der Waals surface area contributed by atoms with E-state index in [2.05, 4.69) is 6.58 Å². The summed E-state index contributed by atoms with van der Waals surface area (Å²) >= 11 is 0. The fraction of sp³-hybridized carbons (Fsp3) is 0.667. The van der Waals surface area contributed by atoms with Crippen LogP contribution in [-0.4, -0.2) is 24.5 Å². The van der Waals surface area contributed by atoms with Crippen molar-refractivity contribution in [2.24, 2.45) is 5.41 Å². The van der Waals surface area contributed by atoms with Crippen molar-refractivity contribution in [3.05, 3.63) is 12.2 Å². The van der Waals surface area contributed by atoms with E-state index >= 15 is 0 Å². The van der Waals surface area contributed by atoms with Gasteiger partial charge in [-0.3, -0.25) is 9.59 Å². The highest BCUT2D eigenvalue weighted by atomic mass is 16.6. The lowest BCUT2D eigenvalue weighted by atomic mass is 9.92. The Morgan fingerprint density at radius 3 is 2.15 bits per heavy atom. The van der Waals surface area contributed by atoms with Gasteiger partial charge in [0.1, 0.15) is 0 Å². The molecule has 0 amide bonds.